The number of hydrogen-bond acceptors (Lipinski definition) is 0. The molecule has 0 spiro atoms. The zero-order valence-corrected chi connectivity index (χ0v) is 11.4. The Labute approximate surface area is 112 Å². The third-order valence-electron chi connectivity index (χ3n) is 2.48. The lowest BCUT2D eigenvalue weighted by atomic mass is 9.90. The minimum Gasteiger partial charge on any atom is -0.103 e. The van der Waals surface area contributed by atoms with E-state index in [1.54, 1.807) is 12.2 Å². The monoisotopic (exact) mass is 240 g/mol. The van der Waals surface area contributed by atoms with Gasteiger partial charge < -0.3 is 0 Å². The van der Waals surface area contributed by atoms with Crippen LogP contribution in [0.4, 0.5) is 0 Å². The van der Waals surface area contributed by atoms with Crippen molar-refractivity contribution >= 4 is 0 Å². The van der Waals surface area contributed by atoms with Crippen molar-refractivity contribution in [3.8, 4) is 0 Å². The molecule has 0 aliphatic rings. The van der Waals surface area contributed by atoms with E-state index in [2.05, 4.69) is 63.6 Å². The van der Waals surface area contributed by atoms with Gasteiger partial charge in [-0.2, -0.15) is 0 Å². The lowest BCUT2D eigenvalue weighted by Gasteiger charge is -2.15. The summed E-state index contributed by atoms with van der Waals surface area (Å²) in [5, 5.41) is 0. The fourth-order valence-electron chi connectivity index (χ4n) is 1.68. The first-order chi connectivity index (χ1) is 8.65. The van der Waals surface area contributed by atoms with Crippen LogP contribution < -0.4 is 0 Å². The van der Waals surface area contributed by atoms with E-state index < -0.39 is 0 Å². The van der Waals surface area contributed by atoms with Gasteiger partial charge >= 0.3 is 0 Å². The number of hydrogen-bond donors (Lipinski definition) is 0. The van der Waals surface area contributed by atoms with Gasteiger partial charge in [0.15, 0.2) is 0 Å². The summed E-state index contributed by atoms with van der Waals surface area (Å²) in [5.74, 6) is 0.547. The normalized spacial score (nSPS) is 10.5. The molecular formula is C18H24. The van der Waals surface area contributed by atoms with Crippen molar-refractivity contribution in [1.29, 1.82) is 0 Å². The zero-order chi connectivity index (χ0) is 13.8. The van der Waals surface area contributed by atoms with Crippen molar-refractivity contribution in [1.82, 2.24) is 0 Å². The summed E-state index contributed by atoms with van der Waals surface area (Å²) >= 11 is 0. The summed E-state index contributed by atoms with van der Waals surface area (Å²) in [6.07, 6.45) is 7.34. The van der Waals surface area contributed by atoms with Gasteiger partial charge in [-0.25, -0.2) is 0 Å². The molecule has 96 valence electrons. The molecule has 0 aliphatic heterocycles. The number of allylic oxidation sites excluding steroid dienone is 4. The second-order valence-corrected chi connectivity index (χ2v) is 4.26. The Morgan fingerprint density at radius 2 is 1.67 bits per heavy atom. The molecule has 0 fully saturated rings. The highest BCUT2D eigenvalue weighted by molar-refractivity contribution is 5.21. The van der Waals surface area contributed by atoms with Crippen molar-refractivity contribution in [3.63, 3.8) is 0 Å². The van der Waals surface area contributed by atoms with Crippen LogP contribution >= 0.6 is 0 Å². The Hall–Kier alpha value is -1.82. The molecule has 0 amide bonds. The molecule has 18 heavy (non-hydrogen) atoms. The predicted octanol–water partition coefficient (Wildman–Crippen LogP) is 5.67. The Morgan fingerprint density at radius 1 is 1.11 bits per heavy atom. The molecule has 0 radical (unpaired) electrons. The van der Waals surface area contributed by atoms with Crippen LogP contribution in [-0.4, -0.2) is 0 Å². The molecule has 1 rings (SSSR count). The van der Waals surface area contributed by atoms with E-state index in [0.717, 1.165) is 12.8 Å². The van der Waals surface area contributed by atoms with Gasteiger partial charge in [-0.15, -0.1) is 13.2 Å². The summed E-state index contributed by atoms with van der Waals surface area (Å²) in [7, 11) is 0. The maximum Gasteiger partial charge on any atom is -0.00905 e. The number of benzene rings is 1. The summed E-state index contributed by atoms with van der Waals surface area (Å²) in [4.78, 5) is 0. The Balaban J connectivity index is 0.000000631. The molecule has 1 unspecified atom stereocenters. The first kappa shape index (κ1) is 16.2. The van der Waals surface area contributed by atoms with Gasteiger partial charge in [0.25, 0.3) is 0 Å². The fourth-order valence-corrected chi connectivity index (χ4v) is 1.68. The van der Waals surface area contributed by atoms with Gasteiger partial charge in [-0.1, -0.05) is 67.3 Å². The molecule has 0 N–H and O–H groups in total. The lowest BCUT2D eigenvalue weighted by molar-refractivity contribution is 0.692. The molecular weight excluding hydrogens is 216 g/mol. The molecule has 0 saturated carbocycles. The van der Waals surface area contributed by atoms with Crippen molar-refractivity contribution in [2.45, 2.75) is 25.7 Å². The third kappa shape index (κ3) is 7.45. The molecule has 0 bridgehead atoms. The molecule has 0 aliphatic carbocycles. The second-order valence-electron chi connectivity index (χ2n) is 4.26. The van der Waals surface area contributed by atoms with Crippen molar-refractivity contribution in [2.75, 3.05) is 0 Å². The molecule has 1 aromatic carbocycles. The molecule has 0 heteroatoms. The van der Waals surface area contributed by atoms with E-state index in [0.29, 0.717) is 5.92 Å². The van der Waals surface area contributed by atoms with Crippen LogP contribution in [0.15, 0.2) is 80.4 Å². The quantitative estimate of drug-likeness (QED) is 0.444. The van der Waals surface area contributed by atoms with Crippen LogP contribution in [0.2, 0.25) is 0 Å². The minimum absolute atomic E-state index is 0.547. The summed E-state index contributed by atoms with van der Waals surface area (Å²) in [6, 6.07) is 10.6. The minimum atomic E-state index is 0.547. The Morgan fingerprint density at radius 3 is 2.06 bits per heavy atom. The molecule has 0 saturated heterocycles. The highest BCUT2D eigenvalue weighted by atomic mass is 14.1. The Kier molecular flexibility index (Phi) is 9.30. The van der Waals surface area contributed by atoms with E-state index in [9.17, 15) is 0 Å². The molecule has 1 atom stereocenters. The molecule has 0 heterocycles. The van der Waals surface area contributed by atoms with Crippen LogP contribution in [0.1, 0.15) is 31.2 Å². The first-order valence-electron chi connectivity index (χ1n) is 6.19. The molecule has 1 aromatic rings. The van der Waals surface area contributed by atoms with E-state index in [1.165, 1.54) is 11.1 Å². The van der Waals surface area contributed by atoms with Gasteiger partial charge in [0.2, 0.25) is 0 Å². The van der Waals surface area contributed by atoms with Gasteiger partial charge in [-0.05, 0) is 31.2 Å². The van der Waals surface area contributed by atoms with Crippen LogP contribution in [0.5, 0.6) is 0 Å². The SMILES string of the molecule is C=CC=C.C=CCC(CC(=C)C)c1ccccc1. The van der Waals surface area contributed by atoms with Gasteiger partial charge in [0.05, 0.1) is 0 Å². The average Bonchev–Trinajstić information content (AvgIpc) is 2.39. The highest BCUT2D eigenvalue weighted by Crippen LogP contribution is 2.26. The van der Waals surface area contributed by atoms with E-state index in [-0.39, 0.29) is 0 Å². The highest BCUT2D eigenvalue weighted by Gasteiger charge is 2.08. The van der Waals surface area contributed by atoms with Crippen LogP contribution in [0, 0.1) is 0 Å². The van der Waals surface area contributed by atoms with Gasteiger partial charge in [0, 0.05) is 0 Å². The van der Waals surface area contributed by atoms with E-state index in [4.69, 9.17) is 0 Å². The maximum atomic E-state index is 3.97. The summed E-state index contributed by atoms with van der Waals surface area (Å²) in [5.41, 5.74) is 2.62. The average molecular weight is 240 g/mol. The summed E-state index contributed by atoms with van der Waals surface area (Å²) < 4.78 is 0. The smallest absolute Gasteiger partial charge is 0.00905 e. The van der Waals surface area contributed by atoms with Gasteiger partial charge in [0.1, 0.15) is 0 Å². The standard InChI is InChI=1S/C14H18.C4H6/c1-4-8-14(11-12(2)3)13-9-6-5-7-10-13;1-3-4-2/h4-7,9-10,14H,1-2,8,11H2,3H3;3-4H,1-2H2. The topological polar surface area (TPSA) is 0 Å². The van der Waals surface area contributed by atoms with Crippen LogP contribution in [0.25, 0.3) is 0 Å². The lowest BCUT2D eigenvalue weighted by Crippen LogP contribution is -1.97. The largest absolute Gasteiger partial charge is 0.103 e. The Bertz CT molecular complexity index is 364. The van der Waals surface area contributed by atoms with Crippen LogP contribution in [-0.2, 0) is 0 Å². The van der Waals surface area contributed by atoms with E-state index >= 15 is 0 Å². The van der Waals surface area contributed by atoms with Crippen molar-refractivity contribution in [3.05, 3.63) is 86.0 Å². The van der Waals surface area contributed by atoms with Crippen molar-refractivity contribution in [2.24, 2.45) is 0 Å². The van der Waals surface area contributed by atoms with E-state index in [1.807, 2.05) is 6.08 Å². The fraction of sp³-hybridized carbons (Fsp3) is 0.222. The molecule has 0 nitrogen and oxygen atoms in total. The second kappa shape index (κ2) is 10.3. The van der Waals surface area contributed by atoms with Gasteiger partial charge in [-0.3, -0.25) is 0 Å². The summed E-state index contributed by atoms with van der Waals surface area (Å²) in [6.45, 7) is 16.6. The number of rotatable bonds is 6. The third-order valence-corrected chi connectivity index (χ3v) is 2.48. The molecule has 0 aromatic heterocycles. The van der Waals surface area contributed by atoms with Crippen LogP contribution in [0.3, 0.4) is 0 Å². The van der Waals surface area contributed by atoms with Crippen molar-refractivity contribution < 1.29 is 0 Å². The first-order valence-corrected chi connectivity index (χ1v) is 6.19. The zero-order valence-electron chi connectivity index (χ0n) is 11.4. The predicted molar refractivity (Wildman–Crippen MR) is 83.8 cm³/mol. The maximum absolute atomic E-state index is 3.97.